The molecule has 118 valence electrons. The molecule has 0 saturated carbocycles. The van der Waals surface area contributed by atoms with Crippen molar-refractivity contribution in [3.05, 3.63) is 29.8 Å². The second-order valence-electron chi connectivity index (χ2n) is 5.54. The first kappa shape index (κ1) is 15.6. The van der Waals surface area contributed by atoms with Gasteiger partial charge in [-0.3, -0.25) is 4.79 Å². The number of thiocarbonyl (C=S) groups is 1. The van der Waals surface area contributed by atoms with E-state index in [1.807, 2.05) is 24.3 Å². The van der Waals surface area contributed by atoms with Crippen LogP contribution in [0.5, 0.6) is 5.75 Å². The molecule has 1 unspecified atom stereocenters. The molecule has 3 rings (SSSR count). The summed E-state index contributed by atoms with van der Waals surface area (Å²) in [6, 6.07) is 7.93. The van der Waals surface area contributed by atoms with Crippen LogP contribution in [-0.4, -0.2) is 40.6 Å². The maximum atomic E-state index is 12.2. The molecule has 0 spiro atoms. The molecule has 1 aromatic carbocycles. The van der Waals surface area contributed by atoms with Crippen molar-refractivity contribution >= 4 is 34.2 Å². The van der Waals surface area contributed by atoms with E-state index in [0.717, 1.165) is 35.1 Å². The molecule has 0 radical (unpaired) electrons. The van der Waals surface area contributed by atoms with Gasteiger partial charge in [-0.2, -0.15) is 0 Å². The summed E-state index contributed by atoms with van der Waals surface area (Å²) < 4.78 is 6.46. The molecule has 1 aromatic rings. The van der Waals surface area contributed by atoms with Crippen LogP contribution in [0.15, 0.2) is 24.3 Å². The zero-order valence-electron chi connectivity index (χ0n) is 12.4. The van der Waals surface area contributed by atoms with Crippen molar-refractivity contribution in [2.45, 2.75) is 25.3 Å². The third-order valence-corrected chi connectivity index (χ3v) is 5.51. The van der Waals surface area contributed by atoms with Crippen LogP contribution in [0.1, 0.15) is 30.9 Å². The fourth-order valence-electron chi connectivity index (χ4n) is 2.85. The fourth-order valence-corrected chi connectivity index (χ4v) is 3.91. The highest BCUT2D eigenvalue weighted by Crippen LogP contribution is 2.31. The molecule has 0 aromatic heterocycles. The molecule has 2 aliphatic rings. The number of para-hydroxylation sites is 1. The summed E-state index contributed by atoms with van der Waals surface area (Å²) in [6.45, 7) is 2.70. The summed E-state index contributed by atoms with van der Waals surface area (Å²) in [7, 11) is 0. The van der Waals surface area contributed by atoms with Crippen LogP contribution in [0, 0.1) is 0 Å². The van der Waals surface area contributed by atoms with Crippen molar-refractivity contribution < 1.29 is 9.53 Å². The van der Waals surface area contributed by atoms with E-state index in [1.165, 1.54) is 24.6 Å². The summed E-state index contributed by atoms with van der Waals surface area (Å²) in [4.78, 5) is 14.4. The first-order valence-corrected chi connectivity index (χ1v) is 9.06. The Labute approximate surface area is 140 Å². The molecule has 1 saturated heterocycles. The molecule has 1 atom stereocenters. The zero-order valence-corrected chi connectivity index (χ0v) is 14.0. The highest BCUT2D eigenvalue weighted by molar-refractivity contribution is 8.23. The van der Waals surface area contributed by atoms with Gasteiger partial charge in [0, 0.05) is 25.1 Å². The third-order valence-electron chi connectivity index (χ3n) is 3.98. The van der Waals surface area contributed by atoms with Gasteiger partial charge in [-0.1, -0.05) is 42.2 Å². The highest BCUT2D eigenvalue weighted by atomic mass is 32.2. The van der Waals surface area contributed by atoms with Crippen LogP contribution in [-0.2, 0) is 4.79 Å². The monoisotopic (exact) mass is 336 g/mol. The SMILES string of the molecule is O=C(CSC(=S)N1CCCC1)NC1CCOc2ccccc21. The number of nitrogens with zero attached hydrogens (tertiary/aromatic N) is 1. The van der Waals surface area contributed by atoms with E-state index < -0.39 is 0 Å². The molecule has 4 nitrogen and oxygen atoms in total. The Hall–Kier alpha value is -1.27. The van der Waals surface area contributed by atoms with Crippen LogP contribution in [0.3, 0.4) is 0 Å². The smallest absolute Gasteiger partial charge is 0.230 e. The van der Waals surface area contributed by atoms with Gasteiger partial charge >= 0.3 is 0 Å². The molecule has 0 aliphatic carbocycles. The fraction of sp³-hybridized carbons (Fsp3) is 0.500. The lowest BCUT2D eigenvalue weighted by Gasteiger charge is -2.26. The van der Waals surface area contributed by atoms with Gasteiger partial charge < -0.3 is 15.0 Å². The first-order valence-electron chi connectivity index (χ1n) is 7.67. The van der Waals surface area contributed by atoms with E-state index in [1.54, 1.807) is 0 Å². The van der Waals surface area contributed by atoms with Gasteiger partial charge in [0.25, 0.3) is 0 Å². The molecule has 1 fully saturated rings. The van der Waals surface area contributed by atoms with E-state index in [9.17, 15) is 4.79 Å². The van der Waals surface area contributed by atoms with Crippen LogP contribution < -0.4 is 10.1 Å². The Balaban J connectivity index is 1.51. The van der Waals surface area contributed by atoms with Crippen LogP contribution in [0.25, 0.3) is 0 Å². The van der Waals surface area contributed by atoms with Gasteiger partial charge in [0.2, 0.25) is 5.91 Å². The van der Waals surface area contributed by atoms with E-state index >= 15 is 0 Å². The maximum Gasteiger partial charge on any atom is 0.230 e. The minimum Gasteiger partial charge on any atom is -0.493 e. The molecule has 2 heterocycles. The Morgan fingerprint density at radius 2 is 2.14 bits per heavy atom. The molecule has 1 amide bonds. The summed E-state index contributed by atoms with van der Waals surface area (Å²) >= 11 is 6.85. The normalized spacial score (nSPS) is 20.2. The third kappa shape index (κ3) is 3.73. The molecule has 6 heteroatoms. The van der Waals surface area contributed by atoms with Gasteiger partial charge in [0.05, 0.1) is 18.4 Å². The van der Waals surface area contributed by atoms with E-state index in [-0.39, 0.29) is 11.9 Å². The Kier molecular flexibility index (Phi) is 5.20. The van der Waals surface area contributed by atoms with Crippen molar-refractivity contribution in [1.82, 2.24) is 10.2 Å². The predicted molar refractivity (Wildman–Crippen MR) is 93.3 cm³/mol. The Morgan fingerprint density at radius 1 is 1.36 bits per heavy atom. The molecule has 22 heavy (non-hydrogen) atoms. The number of likely N-dealkylation sites (tertiary alicyclic amines) is 1. The number of thioether (sulfide) groups is 1. The van der Waals surface area contributed by atoms with Gasteiger partial charge in [0.15, 0.2) is 0 Å². The summed E-state index contributed by atoms with van der Waals surface area (Å²) in [5.74, 6) is 1.29. The number of hydrogen-bond donors (Lipinski definition) is 1. The van der Waals surface area contributed by atoms with Crippen LogP contribution in [0.4, 0.5) is 0 Å². The summed E-state index contributed by atoms with van der Waals surface area (Å²) in [6.07, 6.45) is 3.21. The Morgan fingerprint density at radius 3 is 2.95 bits per heavy atom. The van der Waals surface area contributed by atoms with Gasteiger partial charge in [-0.15, -0.1) is 0 Å². The highest BCUT2D eigenvalue weighted by Gasteiger charge is 2.23. The molecule has 0 bridgehead atoms. The zero-order chi connectivity index (χ0) is 15.4. The van der Waals surface area contributed by atoms with Crippen molar-refractivity contribution in [2.75, 3.05) is 25.4 Å². The lowest BCUT2D eigenvalue weighted by Crippen LogP contribution is -2.34. The Bertz CT molecular complexity index is 559. The topological polar surface area (TPSA) is 41.6 Å². The number of amides is 1. The van der Waals surface area contributed by atoms with E-state index in [4.69, 9.17) is 17.0 Å². The van der Waals surface area contributed by atoms with Crippen molar-refractivity contribution in [3.63, 3.8) is 0 Å². The number of benzene rings is 1. The molecule has 1 N–H and O–H groups in total. The number of hydrogen-bond acceptors (Lipinski definition) is 4. The lowest BCUT2D eigenvalue weighted by molar-refractivity contribution is -0.119. The van der Waals surface area contributed by atoms with E-state index in [2.05, 4.69) is 10.2 Å². The average Bonchev–Trinajstić information content (AvgIpc) is 3.07. The molecule has 2 aliphatic heterocycles. The number of fused-ring (bicyclic) bond motifs is 1. The standard InChI is InChI=1S/C16H20N2O2S2/c19-15(11-22-16(21)18-8-3-4-9-18)17-13-7-10-20-14-6-2-1-5-12(13)14/h1-2,5-6,13H,3-4,7-11H2,(H,17,19). The van der Waals surface area contributed by atoms with Crippen LogP contribution in [0.2, 0.25) is 0 Å². The van der Waals surface area contributed by atoms with Gasteiger partial charge in [-0.05, 0) is 18.9 Å². The number of rotatable bonds is 3. The molecular weight excluding hydrogens is 316 g/mol. The number of ether oxygens (including phenoxy) is 1. The largest absolute Gasteiger partial charge is 0.493 e. The number of carbonyl (C=O) groups excluding carboxylic acids is 1. The van der Waals surface area contributed by atoms with Crippen molar-refractivity contribution in [3.8, 4) is 5.75 Å². The summed E-state index contributed by atoms with van der Waals surface area (Å²) in [5.41, 5.74) is 1.06. The van der Waals surface area contributed by atoms with Crippen LogP contribution >= 0.6 is 24.0 Å². The van der Waals surface area contributed by atoms with Crippen molar-refractivity contribution in [2.24, 2.45) is 0 Å². The second kappa shape index (κ2) is 7.33. The maximum absolute atomic E-state index is 12.2. The van der Waals surface area contributed by atoms with E-state index in [0.29, 0.717) is 12.4 Å². The van der Waals surface area contributed by atoms with Gasteiger partial charge in [-0.25, -0.2) is 0 Å². The first-order chi connectivity index (χ1) is 10.7. The van der Waals surface area contributed by atoms with Crippen molar-refractivity contribution in [1.29, 1.82) is 0 Å². The number of carbonyl (C=O) groups is 1. The predicted octanol–water partition coefficient (Wildman–Crippen LogP) is 2.74. The minimum atomic E-state index is 0.0354. The quantitative estimate of drug-likeness (QED) is 0.860. The minimum absolute atomic E-state index is 0.0354. The van der Waals surface area contributed by atoms with Gasteiger partial charge in [0.1, 0.15) is 10.1 Å². The summed E-state index contributed by atoms with van der Waals surface area (Å²) in [5, 5.41) is 3.10. The second-order valence-corrected chi connectivity index (χ2v) is 7.15. The number of nitrogens with one attached hydrogen (secondary N) is 1. The molecular formula is C16H20N2O2S2. The lowest BCUT2D eigenvalue weighted by atomic mass is 10.0. The average molecular weight is 336 g/mol.